The van der Waals surface area contributed by atoms with Gasteiger partial charge in [0.1, 0.15) is 5.75 Å². The summed E-state index contributed by atoms with van der Waals surface area (Å²) in [6.45, 7) is 1.95. The van der Waals surface area contributed by atoms with Crippen molar-refractivity contribution in [1.29, 1.82) is 0 Å². The highest BCUT2D eigenvalue weighted by molar-refractivity contribution is 9.10. The van der Waals surface area contributed by atoms with E-state index in [2.05, 4.69) is 21.2 Å². The van der Waals surface area contributed by atoms with Crippen LogP contribution in [0.15, 0.2) is 40.2 Å². The number of halogens is 1. The van der Waals surface area contributed by atoms with Crippen LogP contribution in [0.5, 0.6) is 5.75 Å². The second-order valence-corrected chi connectivity index (χ2v) is 6.27. The Labute approximate surface area is 124 Å². The summed E-state index contributed by atoms with van der Waals surface area (Å²) in [5.74, 6) is -0.274. The summed E-state index contributed by atoms with van der Waals surface area (Å²) in [4.78, 5) is 13.3. The van der Waals surface area contributed by atoms with Gasteiger partial charge in [-0.3, -0.25) is 4.79 Å². The number of aromatic hydroxyl groups is 1. The van der Waals surface area contributed by atoms with Crippen molar-refractivity contribution in [3.05, 3.63) is 50.6 Å². The van der Waals surface area contributed by atoms with E-state index in [1.807, 2.05) is 24.4 Å². The van der Waals surface area contributed by atoms with Crippen molar-refractivity contribution in [1.82, 2.24) is 5.32 Å². The molecule has 0 radical (unpaired) electrons. The third-order valence-electron chi connectivity index (χ3n) is 2.67. The van der Waals surface area contributed by atoms with E-state index in [0.29, 0.717) is 5.56 Å². The lowest BCUT2D eigenvalue weighted by molar-refractivity contribution is 0.0937. The number of carbonyl (C=O) groups is 1. The van der Waals surface area contributed by atoms with Gasteiger partial charge in [0, 0.05) is 21.8 Å². The molecule has 0 saturated carbocycles. The fourth-order valence-electron chi connectivity index (χ4n) is 1.78. The van der Waals surface area contributed by atoms with Crippen LogP contribution >= 0.6 is 27.3 Å². The highest BCUT2D eigenvalue weighted by Crippen LogP contribution is 2.22. The van der Waals surface area contributed by atoms with Crippen molar-refractivity contribution >= 4 is 33.2 Å². The molecule has 0 saturated heterocycles. The largest absolute Gasteiger partial charge is 0.507 e. The Morgan fingerprint density at radius 1 is 1.47 bits per heavy atom. The summed E-state index contributed by atoms with van der Waals surface area (Å²) in [5.41, 5.74) is 0.293. The molecule has 5 heteroatoms. The highest BCUT2D eigenvalue weighted by Gasteiger charge is 2.14. The van der Waals surface area contributed by atoms with Crippen molar-refractivity contribution in [3.8, 4) is 5.75 Å². The smallest absolute Gasteiger partial charge is 0.255 e. The summed E-state index contributed by atoms with van der Waals surface area (Å²) in [6, 6.07) is 8.91. The van der Waals surface area contributed by atoms with Crippen LogP contribution in [0, 0.1) is 0 Å². The van der Waals surface area contributed by atoms with Gasteiger partial charge in [-0.25, -0.2) is 0 Å². The molecule has 3 nitrogen and oxygen atoms in total. The molecule has 0 spiro atoms. The Morgan fingerprint density at radius 3 is 2.89 bits per heavy atom. The normalized spacial score (nSPS) is 12.1. The van der Waals surface area contributed by atoms with Crippen LogP contribution in [0.4, 0.5) is 0 Å². The lowest BCUT2D eigenvalue weighted by Crippen LogP contribution is -2.33. The second-order valence-electron chi connectivity index (χ2n) is 4.32. The Hall–Kier alpha value is -1.33. The first kappa shape index (κ1) is 14.1. The summed E-state index contributed by atoms with van der Waals surface area (Å²) < 4.78 is 0.744. The predicted octanol–water partition coefficient (Wildman–Crippen LogP) is 3.58. The number of hydrogen-bond acceptors (Lipinski definition) is 3. The van der Waals surface area contributed by atoms with E-state index in [4.69, 9.17) is 0 Å². The monoisotopic (exact) mass is 339 g/mol. The molecule has 19 heavy (non-hydrogen) atoms. The van der Waals surface area contributed by atoms with Crippen LogP contribution in [0.1, 0.15) is 22.2 Å². The highest BCUT2D eigenvalue weighted by atomic mass is 79.9. The molecule has 0 fully saturated rings. The first-order valence-corrected chi connectivity index (χ1v) is 7.55. The standard InChI is InChI=1S/C14H14BrNO2S/c1-9(7-11-3-2-6-19-11)16-14(18)12-5-4-10(15)8-13(12)17/h2-6,8-9,17H,7H2,1H3,(H,16,18). The van der Waals surface area contributed by atoms with Crippen LogP contribution in [0.25, 0.3) is 0 Å². The van der Waals surface area contributed by atoms with E-state index in [0.717, 1.165) is 10.9 Å². The van der Waals surface area contributed by atoms with E-state index in [1.54, 1.807) is 23.5 Å². The zero-order valence-electron chi connectivity index (χ0n) is 10.4. The first-order valence-electron chi connectivity index (χ1n) is 5.88. The topological polar surface area (TPSA) is 49.3 Å². The minimum absolute atomic E-state index is 0.0183. The summed E-state index contributed by atoms with van der Waals surface area (Å²) in [7, 11) is 0. The van der Waals surface area contributed by atoms with Crippen molar-refractivity contribution in [3.63, 3.8) is 0 Å². The average molecular weight is 340 g/mol. The third-order valence-corrected chi connectivity index (χ3v) is 4.06. The van der Waals surface area contributed by atoms with E-state index in [-0.39, 0.29) is 17.7 Å². The number of carbonyl (C=O) groups excluding carboxylic acids is 1. The number of phenolic OH excluding ortho intramolecular Hbond substituents is 1. The minimum atomic E-state index is -0.256. The Kier molecular flexibility index (Phi) is 4.61. The molecule has 2 rings (SSSR count). The van der Waals surface area contributed by atoms with Crippen LogP contribution < -0.4 is 5.32 Å². The Balaban J connectivity index is 2.00. The minimum Gasteiger partial charge on any atom is -0.507 e. The van der Waals surface area contributed by atoms with Crippen molar-refractivity contribution < 1.29 is 9.90 Å². The number of nitrogens with one attached hydrogen (secondary N) is 1. The molecule has 100 valence electrons. The van der Waals surface area contributed by atoms with Gasteiger partial charge >= 0.3 is 0 Å². The number of phenols is 1. The van der Waals surface area contributed by atoms with Gasteiger partial charge in [0.05, 0.1) is 5.56 Å². The molecule has 1 atom stereocenters. The maximum Gasteiger partial charge on any atom is 0.255 e. The SMILES string of the molecule is CC(Cc1cccs1)NC(=O)c1ccc(Br)cc1O. The van der Waals surface area contributed by atoms with Gasteiger partial charge in [-0.05, 0) is 36.6 Å². The maximum atomic E-state index is 12.0. The molecule has 1 heterocycles. The summed E-state index contributed by atoms with van der Waals surface area (Å²) >= 11 is 4.92. The van der Waals surface area contributed by atoms with Gasteiger partial charge in [0.15, 0.2) is 0 Å². The molecule has 1 aromatic heterocycles. The lowest BCUT2D eigenvalue weighted by Gasteiger charge is -2.13. The van der Waals surface area contributed by atoms with Crippen LogP contribution in [0.2, 0.25) is 0 Å². The molecule has 2 aromatic rings. The number of rotatable bonds is 4. The predicted molar refractivity (Wildman–Crippen MR) is 80.8 cm³/mol. The molecule has 0 aliphatic rings. The molecule has 0 aliphatic heterocycles. The first-order chi connectivity index (χ1) is 9.06. The van der Waals surface area contributed by atoms with Crippen LogP contribution in [-0.4, -0.2) is 17.1 Å². The third kappa shape index (κ3) is 3.81. The Bertz CT molecular complexity index is 569. The number of amides is 1. The maximum absolute atomic E-state index is 12.0. The van der Waals surface area contributed by atoms with Gasteiger partial charge in [0.2, 0.25) is 0 Å². The van der Waals surface area contributed by atoms with Gasteiger partial charge < -0.3 is 10.4 Å². The molecule has 2 N–H and O–H groups in total. The quantitative estimate of drug-likeness (QED) is 0.894. The Morgan fingerprint density at radius 2 is 2.26 bits per heavy atom. The van der Waals surface area contributed by atoms with E-state index >= 15 is 0 Å². The zero-order chi connectivity index (χ0) is 13.8. The number of thiophene rings is 1. The molecular formula is C14H14BrNO2S. The molecule has 1 unspecified atom stereocenters. The van der Waals surface area contributed by atoms with Crippen molar-refractivity contribution in [2.24, 2.45) is 0 Å². The molecule has 0 aliphatic carbocycles. The molecule has 1 aromatic carbocycles. The van der Waals surface area contributed by atoms with Gasteiger partial charge in [-0.1, -0.05) is 22.0 Å². The van der Waals surface area contributed by atoms with Gasteiger partial charge in [-0.2, -0.15) is 0 Å². The molecule has 0 bridgehead atoms. The molecule has 1 amide bonds. The van der Waals surface area contributed by atoms with Gasteiger partial charge in [-0.15, -0.1) is 11.3 Å². The summed E-state index contributed by atoms with van der Waals surface area (Å²) in [5, 5.41) is 14.6. The fourth-order valence-corrected chi connectivity index (χ4v) is 2.96. The zero-order valence-corrected chi connectivity index (χ0v) is 12.8. The van der Waals surface area contributed by atoms with E-state index in [9.17, 15) is 9.90 Å². The van der Waals surface area contributed by atoms with E-state index < -0.39 is 0 Å². The number of hydrogen-bond donors (Lipinski definition) is 2. The number of benzene rings is 1. The van der Waals surface area contributed by atoms with Crippen molar-refractivity contribution in [2.45, 2.75) is 19.4 Å². The van der Waals surface area contributed by atoms with Crippen LogP contribution in [0.3, 0.4) is 0 Å². The lowest BCUT2D eigenvalue weighted by atomic mass is 10.1. The van der Waals surface area contributed by atoms with E-state index in [1.165, 1.54) is 10.9 Å². The van der Waals surface area contributed by atoms with Crippen LogP contribution in [-0.2, 0) is 6.42 Å². The molecular weight excluding hydrogens is 326 g/mol. The van der Waals surface area contributed by atoms with Gasteiger partial charge in [0.25, 0.3) is 5.91 Å². The second kappa shape index (κ2) is 6.21. The average Bonchev–Trinajstić information content (AvgIpc) is 2.81. The summed E-state index contributed by atoms with van der Waals surface area (Å²) in [6.07, 6.45) is 0.792. The van der Waals surface area contributed by atoms with Crippen molar-refractivity contribution in [2.75, 3.05) is 0 Å². The fraction of sp³-hybridized carbons (Fsp3) is 0.214.